The number of hydrogen-bond donors (Lipinski definition) is 0. The summed E-state index contributed by atoms with van der Waals surface area (Å²) >= 11 is 0. The van der Waals surface area contributed by atoms with E-state index in [9.17, 15) is 14.4 Å². The number of imide groups is 1. The van der Waals surface area contributed by atoms with E-state index in [2.05, 4.69) is 0 Å². The highest BCUT2D eigenvalue weighted by atomic mass is 16.5. The van der Waals surface area contributed by atoms with Gasteiger partial charge in [0.05, 0.1) is 25.0 Å². The zero-order valence-electron chi connectivity index (χ0n) is 12.3. The lowest BCUT2D eigenvalue weighted by molar-refractivity contribution is -0.143. The summed E-state index contributed by atoms with van der Waals surface area (Å²) in [5.41, 5.74) is 1.23. The zero-order chi connectivity index (χ0) is 15.7. The minimum atomic E-state index is -0.671. The molecule has 1 heterocycles. The summed E-state index contributed by atoms with van der Waals surface area (Å²) in [7, 11) is 0. The molecule has 0 aromatic heterocycles. The van der Waals surface area contributed by atoms with E-state index in [4.69, 9.17) is 4.74 Å². The maximum absolute atomic E-state index is 12.6. The van der Waals surface area contributed by atoms with Gasteiger partial charge in [0.2, 0.25) is 11.8 Å². The molecule has 2 aliphatic rings. The van der Waals surface area contributed by atoms with Gasteiger partial charge in [-0.2, -0.15) is 0 Å². The predicted molar refractivity (Wildman–Crippen MR) is 78.3 cm³/mol. The molecule has 1 aliphatic carbocycles. The predicted octanol–water partition coefficient (Wildman–Crippen LogP) is 1.68. The average Bonchev–Trinajstić information content (AvgIpc) is 3.05. The van der Waals surface area contributed by atoms with E-state index in [1.165, 1.54) is 4.90 Å². The number of nitrogens with zero attached hydrogens (tertiary/aromatic N) is 1. The van der Waals surface area contributed by atoms with Crippen molar-refractivity contribution in [2.45, 2.75) is 19.9 Å². The largest absolute Gasteiger partial charge is 0.463 e. The third-order valence-corrected chi connectivity index (χ3v) is 4.14. The lowest BCUT2D eigenvalue weighted by Crippen LogP contribution is -2.31. The lowest BCUT2D eigenvalue weighted by Gasteiger charge is -2.16. The standard InChI is InChI=1S/C17H17NO4/c1-2-22-17(21)13-9-8-12-14(13)16(20)18(15(12)19)10-11-6-4-3-5-7-11/h3-7,9,12,14H,2,8,10H2,1H3/t12-,14-/m0/s1. The van der Waals surface area contributed by atoms with E-state index in [-0.39, 0.29) is 25.0 Å². The number of ether oxygens (including phenoxy) is 1. The number of esters is 1. The molecule has 1 aromatic carbocycles. The maximum Gasteiger partial charge on any atom is 0.334 e. The number of allylic oxidation sites excluding steroid dienone is 1. The maximum atomic E-state index is 12.6. The van der Waals surface area contributed by atoms with Gasteiger partial charge in [-0.25, -0.2) is 4.79 Å². The Morgan fingerprint density at radius 2 is 1.95 bits per heavy atom. The van der Waals surface area contributed by atoms with Gasteiger partial charge in [0, 0.05) is 5.57 Å². The van der Waals surface area contributed by atoms with Gasteiger partial charge in [-0.15, -0.1) is 0 Å². The molecule has 0 saturated carbocycles. The summed E-state index contributed by atoms with van der Waals surface area (Å²) in [5.74, 6) is -2.10. The van der Waals surface area contributed by atoms with Gasteiger partial charge in [0.25, 0.3) is 0 Å². The third-order valence-electron chi connectivity index (χ3n) is 4.14. The molecule has 0 N–H and O–H groups in total. The minimum Gasteiger partial charge on any atom is -0.463 e. The fraction of sp³-hybridized carbons (Fsp3) is 0.353. The summed E-state index contributed by atoms with van der Waals surface area (Å²) in [6, 6.07) is 9.36. The summed E-state index contributed by atoms with van der Waals surface area (Å²) in [6.07, 6.45) is 2.09. The van der Waals surface area contributed by atoms with Gasteiger partial charge in [-0.3, -0.25) is 14.5 Å². The third kappa shape index (κ3) is 2.32. The van der Waals surface area contributed by atoms with Gasteiger partial charge in [0.15, 0.2) is 0 Å². The smallest absolute Gasteiger partial charge is 0.334 e. The van der Waals surface area contributed by atoms with Crippen molar-refractivity contribution >= 4 is 17.8 Å². The Kier molecular flexibility index (Phi) is 3.79. The molecule has 0 radical (unpaired) electrons. The van der Waals surface area contributed by atoms with E-state index in [1.807, 2.05) is 30.3 Å². The van der Waals surface area contributed by atoms with Crippen LogP contribution in [0.25, 0.3) is 0 Å². The minimum absolute atomic E-state index is 0.200. The Labute approximate surface area is 128 Å². The molecule has 5 nitrogen and oxygen atoms in total. The van der Waals surface area contributed by atoms with Crippen molar-refractivity contribution in [3.63, 3.8) is 0 Å². The number of carbonyl (C=O) groups is 3. The van der Waals surface area contributed by atoms with Crippen molar-refractivity contribution in [3.05, 3.63) is 47.5 Å². The SMILES string of the molecule is CCOC(=O)C1=CC[C@@H]2C(=O)N(Cc3ccccc3)C(=O)[C@H]12. The normalized spacial score (nSPS) is 23.5. The van der Waals surface area contributed by atoms with Crippen LogP contribution < -0.4 is 0 Å². The van der Waals surface area contributed by atoms with Gasteiger partial charge in [-0.05, 0) is 18.9 Å². The zero-order valence-corrected chi connectivity index (χ0v) is 12.3. The average molecular weight is 299 g/mol. The Hall–Kier alpha value is -2.43. The first kappa shape index (κ1) is 14.5. The first-order chi connectivity index (χ1) is 10.6. The molecular formula is C17H17NO4. The molecule has 3 rings (SSSR count). The van der Waals surface area contributed by atoms with E-state index >= 15 is 0 Å². The van der Waals surface area contributed by atoms with Gasteiger partial charge >= 0.3 is 5.97 Å². The second-order valence-corrected chi connectivity index (χ2v) is 5.45. The number of fused-ring (bicyclic) bond motifs is 1. The molecule has 1 saturated heterocycles. The van der Waals surface area contributed by atoms with Crippen LogP contribution in [0.2, 0.25) is 0 Å². The Bertz CT molecular complexity index is 650. The summed E-state index contributed by atoms with van der Waals surface area (Å²) in [5, 5.41) is 0. The van der Waals surface area contributed by atoms with E-state index in [1.54, 1.807) is 13.0 Å². The van der Waals surface area contributed by atoms with Crippen LogP contribution >= 0.6 is 0 Å². The number of hydrogen-bond acceptors (Lipinski definition) is 4. The Morgan fingerprint density at radius 3 is 2.64 bits per heavy atom. The van der Waals surface area contributed by atoms with Crippen LogP contribution in [0.4, 0.5) is 0 Å². The first-order valence-corrected chi connectivity index (χ1v) is 7.39. The summed E-state index contributed by atoms with van der Waals surface area (Å²) < 4.78 is 4.98. The summed E-state index contributed by atoms with van der Waals surface area (Å²) in [4.78, 5) is 38.2. The molecule has 1 fully saturated rings. The van der Waals surface area contributed by atoms with Crippen molar-refractivity contribution in [1.29, 1.82) is 0 Å². The van der Waals surface area contributed by atoms with Crippen LogP contribution in [0.5, 0.6) is 0 Å². The molecule has 1 aliphatic heterocycles. The van der Waals surface area contributed by atoms with Gasteiger partial charge in [-0.1, -0.05) is 36.4 Å². The van der Waals surface area contributed by atoms with Crippen molar-refractivity contribution in [1.82, 2.24) is 4.90 Å². The van der Waals surface area contributed by atoms with Crippen LogP contribution in [0, 0.1) is 11.8 Å². The molecule has 5 heteroatoms. The molecule has 0 unspecified atom stereocenters. The fourth-order valence-electron chi connectivity index (χ4n) is 3.11. The van der Waals surface area contributed by atoms with Crippen LogP contribution in [0.15, 0.2) is 42.0 Å². The lowest BCUT2D eigenvalue weighted by atomic mass is 9.94. The van der Waals surface area contributed by atoms with Crippen molar-refractivity contribution < 1.29 is 19.1 Å². The van der Waals surface area contributed by atoms with Crippen molar-refractivity contribution in [2.24, 2.45) is 11.8 Å². The number of carbonyl (C=O) groups excluding carboxylic acids is 3. The number of likely N-dealkylation sites (tertiary alicyclic amines) is 1. The number of benzene rings is 1. The fourth-order valence-corrected chi connectivity index (χ4v) is 3.11. The van der Waals surface area contributed by atoms with Crippen molar-refractivity contribution in [3.8, 4) is 0 Å². The van der Waals surface area contributed by atoms with E-state index < -0.39 is 17.8 Å². The topological polar surface area (TPSA) is 63.7 Å². The van der Waals surface area contributed by atoms with Crippen LogP contribution in [0.1, 0.15) is 18.9 Å². The molecule has 2 atom stereocenters. The monoisotopic (exact) mass is 299 g/mol. The highest BCUT2D eigenvalue weighted by Gasteiger charge is 2.52. The van der Waals surface area contributed by atoms with Crippen LogP contribution in [-0.2, 0) is 25.7 Å². The second-order valence-electron chi connectivity index (χ2n) is 5.45. The summed E-state index contributed by atoms with van der Waals surface area (Å²) in [6.45, 7) is 2.22. The van der Waals surface area contributed by atoms with E-state index in [0.29, 0.717) is 12.0 Å². The van der Waals surface area contributed by atoms with Crippen molar-refractivity contribution in [2.75, 3.05) is 6.61 Å². The second kappa shape index (κ2) is 5.75. The van der Waals surface area contributed by atoms with Gasteiger partial charge in [0.1, 0.15) is 0 Å². The molecule has 2 amide bonds. The molecular weight excluding hydrogens is 282 g/mol. The Morgan fingerprint density at radius 1 is 1.23 bits per heavy atom. The van der Waals surface area contributed by atoms with Crippen LogP contribution in [0.3, 0.4) is 0 Å². The molecule has 1 aromatic rings. The molecule has 114 valence electrons. The van der Waals surface area contributed by atoms with Gasteiger partial charge < -0.3 is 4.74 Å². The number of rotatable bonds is 4. The first-order valence-electron chi connectivity index (χ1n) is 7.39. The number of amides is 2. The molecule has 22 heavy (non-hydrogen) atoms. The highest BCUT2D eigenvalue weighted by Crippen LogP contribution is 2.41. The van der Waals surface area contributed by atoms with E-state index in [0.717, 1.165) is 5.56 Å². The molecule has 0 bridgehead atoms. The van der Waals surface area contributed by atoms with Crippen LogP contribution in [-0.4, -0.2) is 29.3 Å². The highest BCUT2D eigenvalue weighted by molar-refractivity contribution is 6.11. The Balaban J connectivity index is 1.80. The quantitative estimate of drug-likeness (QED) is 0.627. The molecule has 0 spiro atoms.